The van der Waals surface area contributed by atoms with Gasteiger partial charge >= 0.3 is 6.09 Å². The van der Waals surface area contributed by atoms with Crippen molar-refractivity contribution in [1.82, 2.24) is 25.8 Å². The van der Waals surface area contributed by atoms with Gasteiger partial charge in [0.15, 0.2) is 0 Å². The average molecular weight is 690 g/mol. The van der Waals surface area contributed by atoms with E-state index in [4.69, 9.17) is 14.2 Å². The molecule has 266 valence electrons. The molecule has 0 saturated carbocycles. The third-order valence-electron chi connectivity index (χ3n) is 7.47. The number of nitrogens with zero attached hydrogens (tertiary/aromatic N) is 2. The minimum Gasteiger partial charge on any atom is -0.444 e. The summed E-state index contributed by atoms with van der Waals surface area (Å²) in [6.45, 7) is 14.3. The van der Waals surface area contributed by atoms with E-state index >= 15 is 0 Å². The predicted octanol–water partition coefficient (Wildman–Crippen LogP) is 3.18. The molecule has 1 aromatic carbocycles. The molecule has 1 aliphatic heterocycles. The summed E-state index contributed by atoms with van der Waals surface area (Å²) in [6, 6.07) is 6.07. The van der Waals surface area contributed by atoms with Crippen LogP contribution in [-0.4, -0.2) is 102 Å². The average Bonchev–Trinajstić information content (AvgIpc) is 3.61. The number of hydrogen-bond acceptors (Lipinski definition) is 10. The van der Waals surface area contributed by atoms with Gasteiger partial charge < -0.3 is 40.2 Å². The lowest BCUT2D eigenvalue weighted by atomic mass is 9.85. The molecule has 14 heteroatoms. The highest BCUT2D eigenvalue weighted by Crippen LogP contribution is 2.28. The molecule has 1 aliphatic rings. The number of carbonyl (C=O) groups excluding carboxylic acids is 4. The van der Waals surface area contributed by atoms with E-state index in [1.807, 2.05) is 57.5 Å². The first-order chi connectivity index (χ1) is 22.5. The number of aryl methyl sites for hydroxylation is 1. The Morgan fingerprint density at radius 3 is 2.27 bits per heavy atom. The van der Waals surface area contributed by atoms with E-state index in [0.717, 1.165) is 21.7 Å². The number of alkyl carbamates (subject to hydrolysis) is 1. The van der Waals surface area contributed by atoms with Gasteiger partial charge in [-0.3, -0.25) is 14.4 Å². The number of amides is 4. The van der Waals surface area contributed by atoms with Gasteiger partial charge in [0.25, 0.3) is 0 Å². The highest BCUT2D eigenvalue weighted by atomic mass is 32.1. The van der Waals surface area contributed by atoms with E-state index in [1.165, 1.54) is 4.90 Å². The fraction of sp³-hybridized carbons (Fsp3) is 0.618. The molecule has 3 atom stereocenters. The summed E-state index contributed by atoms with van der Waals surface area (Å²) in [4.78, 5) is 58.3. The maximum absolute atomic E-state index is 13.8. The van der Waals surface area contributed by atoms with Crippen molar-refractivity contribution in [3.05, 3.63) is 41.0 Å². The molecule has 1 aromatic heterocycles. The molecule has 1 saturated heterocycles. The number of aromatic nitrogens is 1. The summed E-state index contributed by atoms with van der Waals surface area (Å²) in [7, 11) is 0. The number of aliphatic hydroxyl groups is 1. The number of nitrogens with one attached hydrogen (secondary N) is 3. The number of aliphatic hydroxyl groups excluding tert-OH is 1. The number of β-amino-alcohol motifs (C(OH)–C–C–N with tert-alkyl or cyclic N) is 1. The van der Waals surface area contributed by atoms with Gasteiger partial charge in [-0.25, -0.2) is 9.78 Å². The van der Waals surface area contributed by atoms with Gasteiger partial charge in [0.05, 0.1) is 48.6 Å². The summed E-state index contributed by atoms with van der Waals surface area (Å²) in [5.41, 5.74) is 3.49. The lowest BCUT2D eigenvalue weighted by molar-refractivity contribution is -0.144. The largest absolute Gasteiger partial charge is 0.444 e. The zero-order chi connectivity index (χ0) is 35.5. The summed E-state index contributed by atoms with van der Waals surface area (Å²) in [5.74, 6) is -1.16. The van der Waals surface area contributed by atoms with Gasteiger partial charge in [0.1, 0.15) is 17.7 Å². The molecule has 1 fully saturated rings. The summed E-state index contributed by atoms with van der Waals surface area (Å²) in [6.07, 6.45) is -1.24. The Morgan fingerprint density at radius 1 is 1.00 bits per heavy atom. The highest BCUT2D eigenvalue weighted by Gasteiger charge is 2.44. The second kappa shape index (κ2) is 17.7. The summed E-state index contributed by atoms with van der Waals surface area (Å²) >= 11 is 1.57. The van der Waals surface area contributed by atoms with Gasteiger partial charge in [-0.05, 0) is 44.2 Å². The lowest BCUT2D eigenvalue weighted by Gasteiger charge is -2.35. The number of thiazole rings is 1. The smallest absolute Gasteiger partial charge is 0.407 e. The van der Waals surface area contributed by atoms with Crippen molar-refractivity contribution >= 4 is 35.2 Å². The number of hydrogen-bond donors (Lipinski definition) is 4. The maximum atomic E-state index is 13.8. The Bertz CT molecular complexity index is 1370. The Balaban J connectivity index is 1.44. The monoisotopic (exact) mass is 689 g/mol. The van der Waals surface area contributed by atoms with Crippen molar-refractivity contribution in [3.8, 4) is 10.4 Å². The molecule has 4 N–H and O–H groups in total. The second-order valence-corrected chi connectivity index (χ2v) is 14.7. The van der Waals surface area contributed by atoms with Crippen LogP contribution in [-0.2, 0) is 35.1 Å². The Labute approximate surface area is 287 Å². The van der Waals surface area contributed by atoms with Crippen LogP contribution in [0, 0.1) is 12.3 Å². The normalized spacial score (nSPS) is 17.1. The van der Waals surface area contributed by atoms with Crippen molar-refractivity contribution in [2.24, 2.45) is 5.41 Å². The Kier molecular flexibility index (Phi) is 14.3. The fourth-order valence-electron chi connectivity index (χ4n) is 5.04. The molecule has 13 nitrogen and oxygen atoms in total. The molecule has 0 radical (unpaired) electrons. The van der Waals surface area contributed by atoms with Crippen LogP contribution in [0.3, 0.4) is 0 Å². The van der Waals surface area contributed by atoms with Crippen LogP contribution in [0.5, 0.6) is 0 Å². The van der Waals surface area contributed by atoms with Crippen molar-refractivity contribution in [2.45, 2.75) is 91.6 Å². The van der Waals surface area contributed by atoms with E-state index in [0.29, 0.717) is 0 Å². The van der Waals surface area contributed by atoms with Crippen molar-refractivity contribution < 1.29 is 38.5 Å². The molecule has 2 heterocycles. The van der Waals surface area contributed by atoms with E-state index in [1.54, 1.807) is 32.1 Å². The zero-order valence-corrected chi connectivity index (χ0v) is 29.9. The van der Waals surface area contributed by atoms with E-state index in [9.17, 15) is 24.3 Å². The van der Waals surface area contributed by atoms with Gasteiger partial charge in [0.2, 0.25) is 17.7 Å². The zero-order valence-electron chi connectivity index (χ0n) is 29.1. The van der Waals surface area contributed by atoms with Crippen LogP contribution in [0.2, 0.25) is 0 Å². The lowest BCUT2D eigenvalue weighted by Crippen LogP contribution is -2.57. The van der Waals surface area contributed by atoms with Gasteiger partial charge in [-0.1, -0.05) is 45.0 Å². The molecular formula is C34H51N5O8S. The first-order valence-electron chi connectivity index (χ1n) is 16.2. The van der Waals surface area contributed by atoms with Gasteiger partial charge in [-0.2, -0.15) is 0 Å². The van der Waals surface area contributed by atoms with E-state index in [-0.39, 0.29) is 70.7 Å². The fourth-order valence-corrected chi connectivity index (χ4v) is 5.85. The van der Waals surface area contributed by atoms with Crippen LogP contribution in [0.25, 0.3) is 10.4 Å². The molecule has 0 aliphatic carbocycles. The van der Waals surface area contributed by atoms with Crippen molar-refractivity contribution in [3.63, 3.8) is 0 Å². The molecule has 0 unspecified atom stereocenters. The first kappa shape index (κ1) is 38.9. The van der Waals surface area contributed by atoms with E-state index < -0.39 is 41.2 Å². The van der Waals surface area contributed by atoms with Crippen LogP contribution in [0.4, 0.5) is 4.79 Å². The molecule has 0 spiro atoms. The third-order valence-corrected chi connectivity index (χ3v) is 8.45. The number of ether oxygens (including phenoxy) is 3. The highest BCUT2D eigenvalue weighted by molar-refractivity contribution is 7.13. The number of carbonyl (C=O) groups is 4. The topological polar surface area (TPSA) is 168 Å². The Morgan fingerprint density at radius 2 is 1.67 bits per heavy atom. The van der Waals surface area contributed by atoms with Crippen LogP contribution in [0.1, 0.15) is 65.6 Å². The minimum atomic E-state index is -0.922. The number of rotatable bonds is 15. The molecule has 3 rings (SSSR count). The molecule has 48 heavy (non-hydrogen) atoms. The first-order valence-corrected chi connectivity index (χ1v) is 17.1. The van der Waals surface area contributed by atoms with Crippen LogP contribution in [0.15, 0.2) is 29.8 Å². The number of benzene rings is 1. The SMILES string of the molecule is Cc1ncsc1-c1ccc(CNC(=O)[C@@H]2C[C@@H](O)CN2C(=O)[C@@H](NC(=O)CCOCCOCCNC(=O)OC(C)(C)C)C(C)(C)C)cc1. The molecule has 2 aromatic rings. The Hall–Kier alpha value is -3.59. The standard InChI is InChI=1S/C34H51N5O8S/c1-22-28(48-21-37-22)24-10-8-23(9-11-24)19-36-30(42)26-18-25(40)20-39(26)31(43)29(33(2,3)4)38-27(41)12-14-45-16-17-46-15-13-35-32(44)47-34(5,6)7/h8-11,21,25-26,29,40H,12-20H2,1-7H3,(H,35,44)(H,36,42)(H,38,41)/t25-,26+,29-/m1/s1. The van der Waals surface area contributed by atoms with E-state index in [2.05, 4.69) is 20.9 Å². The van der Waals surface area contributed by atoms with Crippen LogP contribution >= 0.6 is 11.3 Å². The van der Waals surface area contributed by atoms with Gasteiger partial charge in [0, 0.05) is 32.5 Å². The molecule has 0 bridgehead atoms. The number of likely N-dealkylation sites (tertiary alicyclic amines) is 1. The quantitative estimate of drug-likeness (QED) is 0.205. The van der Waals surface area contributed by atoms with Crippen LogP contribution < -0.4 is 16.0 Å². The minimum absolute atomic E-state index is 0.00132. The van der Waals surface area contributed by atoms with Crippen molar-refractivity contribution in [1.29, 1.82) is 0 Å². The van der Waals surface area contributed by atoms with Gasteiger partial charge in [-0.15, -0.1) is 11.3 Å². The predicted molar refractivity (Wildman–Crippen MR) is 182 cm³/mol. The summed E-state index contributed by atoms with van der Waals surface area (Å²) < 4.78 is 16.1. The van der Waals surface area contributed by atoms with Crippen molar-refractivity contribution in [2.75, 3.05) is 39.5 Å². The maximum Gasteiger partial charge on any atom is 0.407 e. The molecular weight excluding hydrogens is 638 g/mol. The second-order valence-electron chi connectivity index (χ2n) is 13.8. The molecule has 4 amide bonds. The third kappa shape index (κ3) is 12.5. The summed E-state index contributed by atoms with van der Waals surface area (Å²) in [5, 5.41) is 18.8.